The third-order valence-electron chi connectivity index (χ3n) is 3.59. The van der Waals surface area contributed by atoms with E-state index in [1.54, 1.807) is 19.0 Å². The molecule has 1 fully saturated rings. The fourth-order valence-electron chi connectivity index (χ4n) is 2.50. The molecular weight excluding hydrogens is 282 g/mol. The first-order valence-electron chi connectivity index (χ1n) is 6.47. The first-order valence-corrected chi connectivity index (χ1v) is 6.47. The maximum Gasteiger partial charge on any atom is 0.330 e. The summed E-state index contributed by atoms with van der Waals surface area (Å²) >= 11 is 0. The van der Waals surface area contributed by atoms with Gasteiger partial charge >= 0.3 is 5.69 Å². The van der Waals surface area contributed by atoms with E-state index in [0.717, 1.165) is 10.6 Å². The van der Waals surface area contributed by atoms with Gasteiger partial charge in [0.2, 0.25) is 0 Å². The summed E-state index contributed by atoms with van der Waals surface area (Å²) in [5.41, 5.74) is -1.24. The van der Waals surface area contributed by atoms with Gasteiger partial charge in [0.15, 0.2) is 6.23 Å². The summed E-state index contributed by atoms with van der Waals surface area (Å²) in [7, 11) is 3.32. The Bertz CT molecular complexity index is 597. The number of aromatic amines is 1. The van der Waals surface area contributed by atoms with Crippen LogP contribution in [0, 0.1) is 0 Å². The quantitative estimate of drug-likeness (QED) is 0.471. The van der Waals surface area contributed by atoms with Crippen LogP contribution in [0.2, 0.25) is 0 Å². The van der Waals surface area contributed by atoms with Gasteiger partial charge in [-0.15, -0.1) is 0 Å². The maximum atomic E-state index is 11.9. The van der Waals surface area contributed by atoms with E-state index in [9.17, 15) is 24.9 Å². The highest BCUT2D eigenvalue weighted by Gasteiger charge is 2.46. The van der Waals surface area contributed by atoms with Gasteiger partial charge in [-0.2, -0.15) is 0 Å². The maximum absolute atomic E-state index is 11.9. The van der Waals surface area contributed by atoms with Gasteiger partial charge in [-0.05, 0) is 14.1 Å². The molecule has 0 spiro atoms. The SMILES string of the molecule is CN(C)C1C(O)C(O)C(CO)OC1n1ccc(=O)[nH]c1=O. The van der Waals surface area contributed by atoms with Crippen LogP contribution in [0.1, 0.15) is 6.23 Å². The second kappa shape index (κ2) is 6.08. The van der Waals surface area contributed by atoms with Crippen molar-refractivity contribution in [2.24, 2.45) is 0 Å². The average Bonchev–Trinajstić information content (AvgIpc) is 2.41. The van der Waals surface area contributed by atoms with Gasteiger partial charge in [0.05, 0.1) is 12.6 Å². The minimum Gasteiger partial charge on any atom is -0.394 e. The molecule has 0 aliphatic carbocycles. The van der Waals surface area contributed by atoms with E-state index < -0.39 is 48.4 Å². The molecule has 0 aromatic carbocycles. The highest BCUT2D eigenvalue weighted by molar-refractivity contribution is 4.97. The Morgan fingerprint density at radius 3 is 2.52 bits per heavy atom. The van der Waals surface area contributed by atoms with Crippen LogP contribution < -0.4 is 11.2 Å². The van der Waals surface area contributed by atoms with Gasteiger partial charge < -0.3 is 20.1 Å². The van der Waals surface area contributed by atoms with Gasteiger partial charge in [-0.3, -0.25) is 19.2 Å². The van der Waals surface area contributed by atoms with E-state index in [-0.39, 0.29) is 0 Å². The Balaban J connectivity index is 2.46. The Kier molecular flexibility index (Phi) is 4.59. The highest BCUT2D eigenvalue weighted by atomic mass is 16.5. The largest absolute Gasteiger partial charge is 0.394 e. The number of aliphatic hydroxyl groups excluding tert-OH is 3. The van der Waals surface area contributed by atoms with Crippen molar-refractivity contribution < 1.29 is 20.1 Å². The molecule has 5 unspecified atom stereocenters. The summed E-state index contributed by atoms with van der Waals surface area (Å²) in [4.78, 5) is 26.7. The number of likely N-dealkylation sites (N-methyl/N-ethyl adjacent to an activating group) is 1. The lowest BCUT2D eigenvalue weighted by atomic mass is 9.95. The monoisotopic (exact) mass is 301 g/mol. The van der Waals surface area contributed by atoms with Crippen LogP contribution in [0.15, 0.2) is 21.9 Å². The second-order valence-electron chi connectivity index (χ2n) is 5.20. The molecule has 1 aliphatic rings. The third-order valence-corrected chi connectivity index (χ3v) is 3.59. The molecule has 1 aromatic heterocycles. The molecule has 2 rings (SSSR count). The Labute approximate surface area is 120 Å². The standard InChI is InChI=1S/C12H19N3O6/c1-14(2)8-10(19)9(18)6(5-16)21-11(8)15-4-3-7(17)13-12(15)20/h3-4,6,8-11,16,18-19H,5H2,1-2H3,(H,13,17,20). The van der Waals surface area contributed by atoms with Gasteiger partial charge in [0.1, 0.15) is 18.3 Å². The molecule has 0 radical (unpaired) electrons. The summed E-state index contributed by atoms with van der Waals surface area (Å²) in [5.74, 6) is 0. The van der Waals surface area contributed by atoms with Gasteiger partial charge in [-0.25, -0.2) is 4.79 Å². The lowest BCUT2D eigenvalue weighted by Crippen LogP contribution is -2.61. The van der Waals surface area contributed by atoms with Crippen LogP contribution in [-0.4, -0.2) is 74.8 Å². The van der Waals surface area contributed by atoms with E-state index in [1.807, 2.05) is 0 Å². The van der Waals surface area contributed by atoms with Crippen molar-refractivity contribution in [1.82, 2.24) is 14.5 Å². The number of nitrogens with one attached hydrogen (secondary N) is 1. The summed E-state index contributed by atoms with van der Waals surface area (Å²) in [6, 6.07) is 0.425. The van der Waals surface area contributed by atoms with Gasteiger partial charge in [-0.1, -0.05) is 0 Å². The van der Waals surface area contributed by atoms with E-state index in [1.165, 1.54) is 6.20 Å². The molecule has 5 atom stereocenters. The Morgan fingerprint density at radius 2 is 2.00 bits per heavy atom. The summed E-state index contributed by atoms with van der Waals surface area (Å²) in [6.07, 6.45) is -3.24. The molecule has 0 bridgehead atoms. The number of hydrogen-bond acceptors (Lipinski definition) is 7. The van der Waals surface area contributed by atoms with Crippen molar-refractivity contribution in [3.8, 4) is 0 Å². The van der Waals surface area contributed by atoms with Crippen LogP contribution in [0.5, 0.6) is 0 Å². The Morgan fingerprint density at radius 1 is 1.33 bits per heavy atom. The molecule has 9 nitrogen and oxygen atoms in total. The molecule has 0 amide bonds. The molecule has 21 heavy (non-hydrogen) atoms. The zero-order valence-electron chi connectivity index (χ0n) is 11.7. The molecular formula is C12H19N3O6. The molecule has 4 N–H and O–H groups in total. The molecule has 1 aliphatic heterocycles. The zero-order chi connectivity index (χ0) is 15.7. The number of aliphatic hydroxyl groups is 3. The van der Waals surface area contributed by atoms with Crippen molar-refractivity contribution in [2.75, 3.05) is 20.7 Å². The molecule has 1 aromatic rings. The van der Waals surface area contributed by atoms with Crippen LogP contribution >= 0.6 is 0 Å². The smallest absolute Gasteiger partial charge is 0.330 e. The second-order valence-corrected chi connectivity index (χ2v) is 5.20. The number of hydrogen-bond donors (Lipinski definition) is 4. The van der Waals surface area contributed by atoms with Crippen molar-refractivity contribution in [2.45, 2.75) is 30.6 Å². The van der Waals surface area contributed by atoms with Crippen molar-refractivity contribution >= 4 is 0 Å². The van der Waals surface area contributed by atoms with E-state index in [2.05, 4.69) is 4.98 Å². The van der Waals surface area contributed by atoms with Crippen LogP contribution in [0.4, 0.5) is 0 Å². The number of nitrogens with zero attached hydrogens (tertiary/aromatic N) is 2. The molecule has 118 valence electrons. The minimum atomic E-state index is -1.28. The third kappa shape index (κ3) is 2.92. The number of H-pyrrole nitrogens is 1. The van der Waals surface area contributed by atoms with Gasteiger partial charge in [0, 0.05) is 12.3 Å². The van der Waals surface area contributed by atoms with Crippen molar-refractivity contribution in [3.63, 3.8) is 0 Å². The predicted molar refractivity (Wildman–Crippen MR) is 71.8 cm³/mol. The zero-order valence-corrected chi connectivity index (χ0v) is 11.7. The van der Waals surface area contributed by atoms with E-state index >= 15 is 0 Å². The number of ether oxygens (including phenoxy) is 1. The first-order chi connectivity index (χ1) is 9.86. The number of rotatable bonds is 3. The predicted octanol–water partition coefficient (Wildman–Crippen LogP) is -2.92. The summed E-state index contributed by atoms with van der Waals surface area (Å²) < 4.78 is 6.65. The number of aromatic nitrogens is 2. The molecule has 0 saturated carbocycles. The van der Waals surface area contributed by atoms with Crippen LogP contribution in [0.3, 0.4) is 0 Å². The first kappa shape index (κ1) is 15.9. The van der Waals surface area contributed by atoms with Crippen LogP contribution in [-0.2, 0) is 4.74 Å². The fraction of sp³-hybridized carbons (Fsp3) is 0.667. The topological polar surface area (TPSA) is 128 Å². The van der Waals surface area contributed by atoms with Gasteiger partial charge in [0.25, 0.3) is 5.56 Å². The normalized spacial score (nSPS) is 33.3. The average molecular weight is 301 g/mol. The van der Waals surface area contributed by atoms with E-state index in [0.29, 0.717) is 0 Å². The fourth-order valence-corrected chi connectivity index (χ4v) is 2.50. The van der Waals surface area contributed by atoms with Crippen LogP contribution in [0.25, 0.3) is 0 Å². The molecule has 2 heterocycles. The summed E-state index contributed by atoms with van der Waals surface area (Å²) in [6.45, 7) is -0.507. The minimum absolute atomic E-state index is 0.507. The van der Waals surface area contributed by atoms with Crippen molar-refractivity contribution in [3.05, 3.63) is 33.1 Å². The molecule has 1 saturated heterocycles. The van der Waals surface area contributed by atoms with E-state index in [4.69, 9.17) is 4.74 Å². The lowest BCUT2D eigenvalue weighted by Gasteiger charge is -2.45. The highest BCUT2D eigenvalue weighted by Crippen LogP contribution is 2.29. The van der Waals surface area contributed by atoms with Crippen molar-refractivity contribution in [1.29, 1.82) is 0 Å². The molecule has 9 heteroatoms. The Hall–Kier alpha value is -1.52. The lowest BCUT2D eigenvalue weighted by molar-refractivity contribution is -0.232. The summed E-state index contributed by atoms with van der Waals surface area (Å²) in [5, 5.41) is 29.4.